The van der Waals surface area contributed by atoms with Crippen molar-refractivity contribution >= 4 is 40.9 Å². The van der Waals surface area contributed by atoms with Gasteiger partial charge in [0.1, 0.15) is 0 Å². The Morgan fingerprint density at radius 3 is 2.62 bits per heavy atom. The molecule has 0 aliphatic heterocycles. The number of rotatable bonds is 4. The van der Waals surface area contributed by atoms with Crippen molar-refractivity contribution in [2.45, 2.75) is 0 Å². The molecule has 0 aliphatic rings. The Balaban J connectivity index is 1.72. The van der Waals surface area contributed by atoms with Crippen molar-refractivity contribution < 1.29 is 4.79 Å². The van der Waals surface area contributed by atoms with Crippen LogP contribution in [-0.4, -0.2) is 16.1 Å². The van der Waals surface area contributed by atoms with E-state index >= 15 is 0 Å². The fourth-order valence-electron chi connectivity index (χ4n) is 2.23. The molecule has 130 valence electrons. The highest BCUT2D eigenvalue weighted by Crippen LogP contribution is 2.23. The molecule has 2 aromatic carbocycles. The number of amides is 1. The van der Waals surface area contributed by atoms with Gasteiger partial charge >= 0.3 is 0 Å². The summed E-state index contributed by atoms with van der Waals surface area (Å²) in [6.07, 6.45) is 3.05. The number of hydrogen-bond donors (Lipinski definition) is 2. The van der Waals surface area contributed by atoms with Gasteiger partial charge in [-0.2, -0.15) is 5.10 Å². The van der Waals surface area contributed by atoms with Crippen LogP contribution in [0.4, 0.5) is 5.69 Å². The Morgan fingerprint density at radius 1 is 1.04 bits per heavy atom. The second-order valence-electron chi connectivity index (χ2n) is 5.38. The lowest BCUT2D eigenvalue weighted by Crippen LogP contribution is -2.08. The number of benzene rings is 2. The normalized spacial score (nSPS) is 10.8. The van der Waals surface area contributed by atoms with Gasteiger partial charge in [-0.15, -0.1) is 0 Å². The zero-order valence-electron chi connectivity index (χ0n) is 13.4. The number of hydrogen-bond acceptors (Lipinski definition) is 3. The first kappa shape index (κ1) is 17.9. The first-order chi connectivity index (χ1) is 12.5. The maximum absolute atomic E-state index is 12.1. The number of aromatic nitrogens is 2. The monoisotopic (exact) mass is 385 g/mol. The Labute approximate surface area is 159 Å². The van der Waals surface area contributed by atoms with Crippen LogP contribution in [0.5, 0.6) is 0 Å². The molecule has 2 N–H and O–H groups in total. The number of aromatic amines is 1. The minimum Gasteiger partial charge on any atom is -0.322 e. The number of carbonyl (C=O) groups excluding carboxylic acids is 1. The molecule has 0 unspecified atom stereocenters. The molecule has 26 heavy (non-hydrogen) atoms. The molecule has 0 radical (unpaired) electrons. The summed E-state index contributed by atoms with van der Waals surface area (Å²) in [5.41, 5.74) is 2.48. The fraction of sp³-hybridized carbons (Fsp3) is 0. The molecule has 0 aliphatic carbocycles. The molecular weight excluding hydrogens is 373 g/mol. The van der Waals surface area contributed by atoms with Gasteiger partial charge in [-0.05, 0) is 42.0 Å². The largest absolute Gasteiger partial charge is 0.322 e. The number of halogens is 2. The van der Waals surface area contributed by atoms with Crippen molar-refractivity contribution in [1.82, 2.24) is 10.2 Å². The van der Waals surface area contributed by atoms with Crippen molar-refractivity contribution in [3.8, 4) is 11.3 Å². The zero-order chi connectivity index (χ0) is 18.5. The molecule has 1 aromatic heterocycles. The summed E-state index contributed by atoms with van der Waals surface area (Å²) < 4.78 is 0. The van der Waals surface area contributed by atoms with Crippen molar-refractivity contribution in [3.05, 3.63) is 86.6 Å². The number of nitrogens with zero attached hydrogens (tertiary/aromatic N) is 1. The summed E-state index contributed by atoms with van der Waals surface area (Å²) in [6, 6.07) is 15.3. The smallest absolute Gasteiger partial charge is 0.264 e. The van der Waals surface area contributed by atoms with E-state index in [1.807, 2.05) is 6.07 Å². The maximum Gasteiger partial charge on any atom is 0.264 e. The lowest BCUT2D eigenvalue weighted by Gasteiger charge is -2.05. The summed E-state index contributed by atoms with van der Waals surface area (Å²) in [5, 5.41) is 10.0. The molecule has 3 aromatic rings. The van der Waals surface area contributed by atoms with Gasteiger partial charge in [-0.25, -0.2) is 5.10 Å². The van der Waals surface area contributed by atoms with Gasteiger partial charge in [0.25, 0.3) is 5.56 Å². The molecule has 0 bridgehead atoms. The Bertz CT molecular complexity index is 1020. The third-order valence-corrected chi connectivity index (χ3v) is 4.21. The molecule has 0 saturated carbocycles. The Kier molecular flexibility index (Phi) is 5.51. The van der Waals surface area contributed by atoms with E-state index in [9.17, 15) is 9.59 Å². The molecule has 1 heterocycles. The summed E-state index contributed by atoms with van der Waals surface area (Å²) in [5.74, 6) is -0.289. The van der Waals surface area contributed by atoms with E-state index in [0.717, 1.165) is 11.1 Å². The SMILES string of the molecule is O=C(/C=C\c1ccc(Cl)c(Cl)c1)Nc1cccc(-c2ccc(=O)[nH]n2)c1. The van der Waals surface area contributed by atoms with Crippen molar-refractivity contribution in [1.29, 1.82) is 0 Å². The van der Waals surface area contributed by atoms with Crippen LogP contribution in [0.3, 0.4) is 0 Å². The van der Waals surface area contributed by atoms with Crippen LogP contribution >= 0.6 is 23.2 Å². The quantitative estimate of drug-likeness (QED) is 0.653. The van der Waals surface area contributed by atoms with E-state index in [0.29, 0.717) is 21.4 Å². The lowest BCUT2D eigenvalue weighted by molar-refractivity contribution is -0.111. The molecule has 5 nitrogen and oxygen atoms in total. The summed E-state index contributed by atoms with van der Waals surface area (Å²) in [7, 11) is 0. The van der Waals surface area contributed by atoms with Gasteiger partial charge in [-0.1, -0.05) is 41.4 Å². The second-order valence-corrected chi connectivity index (χ2v) is 6.20. The third-order valence-electron chi connectivity index (χ3n) is 3.48. The average Bonchev–Trinajstić information content (AvgIpc) is 2.63. The van der Waals surface area contributed by atoms with Gasteiger partial charge in [-0.3, -0.25) is 9.59 Å². The minimum atomic E-state index is -0.289. The average molecular weight is 386 g/mol. The van der Waals surface area contributed by atoms with E-state index in [1.54, 1.807) is 48.5 Å². The molecule has 0 fully saturated rings. The summed E-state index contributed by atoms with van der Waals surface area (Å²) in [4.78, 5) is 23.2. The van der Waals surface area contributed by atoms with Crippen molar-refractivity contribution in [2.75, 3.05) is 5.32 Å². The van der Waals surface area contributed by atoms with Crippen LogP contribution in [0.1, 0.15) is 5.56 Å². The van der Waals surface area contributed by atoms with Crippen LogP contribution in [-0.2, 0) is 4.79 Å². The standard InChI is InChI=1S/C19H13Cl2N3O2/c20-15-6-4-12(10-16(15)21)5-8-18(25)22-14-3-1-2-13(11-14)17-7-9-19(26)24-23-17/h1-11H,(H,22,25)(H,24,26)/b8-5-. The van der Waals surface area contributed by atoms with E-state index in [4.69, 9.17) is 23.2 Å². The zero-order valence-corrected chi connectivity index (χ0v) is 14.9. The second kappa shape index (κ2) is 7.99. The minimum absolute atomic E-state index is 0.273. The predicted octanol–water partition coefficient (Wildman–Crippen LogP) is 4.40. The van der Waals surface area contributed by atoms with Gasteiger partial charge < -0.3 is 5.32 Å². The first-order valence-corrected chi connectivity index (χ1v) is 8.37. The third kappa shape index (κ3) is 4.59. The fourth-order valence-corrected chi connectivity index (χ4v) is 2.54. The summed E-state index contributed by atoms with van der Waals surface area (Å²) >= 11 is 11.8. The number of H-pyrrole nitrogens is 1. The van der Waals surface area contributed by atoms with Gasteiger partial charge in [0.05, 0.1) is 15.7 Å². The van der Waals surface area contributed by atoms with Crippen LogP contribution in [0, 0.1) is 0 Å². The molecule has 0 atom stereocenters. The highest BCUT2D eigenvalue weighted by Gasteiger charge is 2.03. The molecule has 7 heteroatoms. The van der Waals surface area contributed by atoms with Crippen LogP contribution in [0.15, 0.2) is 65.5 Å². The number of nitrogens with one attached hydrogen (secondary N) is 2. The Morgan fingerprint density at radius 2 is 1.88 bits per heavy atom. The highest BCUT2D eigenvalue weighted by molar-refractivity contribution is 6.42. The molecule has 1 amide bonds. The van der Waals surface area contributed by atoms with Crippen LogP contribution in [0.25, 0.3) is 17.3 Å². The highest BCUT2D eigenvalue weighted by atomic mass is 35.5. The molecule has 3 rings (SSSR count). The molecule has 0 spiro atoms. The lowest BCUT2D eigenvalue weighted by atomic mass is 10.1. The van der Waals surface area contributed by atoms with Crippen LogP contribution < -0.4 is 10.9 Å². The predicted molar refractivity (Wildman–Crippen MR) is 104 cm³/mol. The number of carbonyl (C=O) groups is 1. The maximum atomic E-state index is 12.1. The topological polar surface area (TPSA) is 74.8 Å². The van der Waals surface area contributed by atoms with Gasteiger partial charge in [0, 0.05) is 23.4 Å². The van der Waals surface area contributed by atoms with E-state index in [-0.39, 0.29) is 11.5 Å². The van der Waals surface area contributed by atoms with E-state index < -0.39 is 0 Å². The molecule has 0 saturated heterocycles. The Hall–Kier alpha value is -2.89. The van der Waals surface area contributed by atoms with Gasteiger partial charge in [0.2, 0.25) is 5.91 Å². The van der Waals surface area contributed by atoms with Crippen molar-refractivity contribution in [2.24, 2.45) is 0 Å². The van der Waals surface area contributed by atoms with Crippen LogP contribution in [0.2, 0.25) is 10.0 Å². The van der Waals surface area contributed by atoms with Gasteiger partial charge in [0.15, 0.2) is 0 Å². The van der Waals surface area contributed by atoms with Crippen molar-refractivity contribution in [3.63, 3.8) is 0 Å². The van der Waals surface area contributed by atoms with E-state index in [2.05, 4.69) is 15.5 Å². The van der Waals surface area contributed by atoms with E-state index in [1.165, 1.54) is 12.1 Å². The number of anilines is 1. The molecular formula is C19H13Cl2N3O2. The summed E-state index contributed by atoms with van der Waals surface area (Å²) in [6.45, 7) is 0. The first-order valence-electron chi connectivity index (χ1n) is 7.61.